The molecule has 0 heterocycles. The summed E-state index contributed by atoms with van der Waals surface area (Å²) in [6.07, 6.45) is 0. The summed E-state index contributed by atoms with van der Waals surface area (Å²) < 4.78 is 15.8. The molecule has 1 aromatic carbocycles. The lowest BCUT2D eigenvalue weighted by molar-refractivity contribution is 0.282. The Bertz CT molecular complexity index is 403. The smallest absolute Gasteiger partial charge is 0.404 e. The van der Waals surface area contributed by atoms with Gasteiger partial charge >= 0.3 is 7.82 Å². The predicted molar refractivity (Wildman–Crippen MR) is 61.6 cm³/mol. The minimum absolute atomic E-state index is 0.101. The van der Waals surface area contributed by atoms with E-state index in [4.69, 9.17) is 21.4 Å². The Morgan fingerprint density at radius 1 is 1.50 bits per heavy atom. The molecule has 0 radical (unpaired) electrons. The molecule has 0 atom stereocenters. The molecular weight excluding hydrogens is 341 g/mol. The van der Waals surface area contributed by atoms with Gasteiger partial charge in [-0.2, -0.15) is 0 Å². The van der Waals surface area contributed by atoms with Crippen LogP contribution in [0.4, 0.5) is 0 Å². The molecule has 0 aliphatic heterocycles. The van der Waals surface area contributed by atoms with Crippen molar-refractivity contribution in [3.8, 4) is 5.75 Å². The Hall–Kier alpha value is 0.190. The van der Waals surface area contributed by atoms with Crippen molar-refractivity contribution in [2.45, 2.75) is 6.92 Å². The maximum Gasteiger partial charge on any atom is 0.524 e. The fourth-order valence-electron chi connectivity index (χ4n) is 0.854. The predicted octanol–water partition coefficient (Wildman–Crippen LogP) is 2.72. The molecule has 0 spiro atoms. The molecular formula is C7H7ClIO4P. The highest BCUT2D eigenvalue weighted by Gasteiger charge is 2.18. The Morgan fingerprint density at radius 3 is 2.57 bits per heavy atom. The lowest BCUT2D eigenvalue weighted by Gasteiger charge is -2.10. The highest BCUT2D eigenvalue weighted by atomic mass is 127. The van der Waals surface area contributed by atoms with Crippen molar-refractivity contribution in [2.75, 3.05) is 0 Å². The standard InChI is InChI=1S/C7H7ClIO4P/c1-4-2-6(9)5(8)3-7(4)13-14(10,11)12/h2-3H,1H3,(H2,10,11,12). The topological polar surface area (TPSA) is 66.8 Å². The van der Waals surface area contributed by atoms with Crippen LogP contribution in [-0.4, -0.2) is 9.79 Å². The van der Waals surface area contributed by atoms with E-state index in [1.165, 1.54) is 6.07 Å². The quantitative estimate of drug-likeness (QED) is 0.637. The monoisotopic (exact) mass is 348 g/mol. The summed E-state index contributed by atoms with van der Waals surface area (Å²) in [5.74, 6) is 0.101. The number of phosphoric ester groups is 1. The van der Waals surface area contributed by atoms with Gasteiger partial charge in [-0.3, -0.25) is 9.79 Å². The fourth-order valence-corrected chi connectivity index (χ4v) is 2.08. The number of aryl methyl sites for hydroxylation is 1. The normalized spacial score (nSPS) is 11.5. The summed E-state index contributed by atoms with van der Waals surface area (Å²) in [5.41, 5.74) is 0.627. The summed E-state index contributed by atoms with van der Waals surface area (Å²) in [6.45, 7) is 1.68. The molecule has 1 aromatic rings. The van der Waals surface area contributed by atoms with E-state index in [-0.39, 0.29) is 5.75 Å². The molecule has 0 fully saturated rings. The molecule has 0 amide bonds. The number of hydrogen-bond donors (Lipinski definition) is 2. The van der Waals surface area contributed by atoms with E-state index in [2.05, 4.69) is 4.52 Å². The number of rotatable bonds is 2. The van der Waals surface area contributed by atoms with Gasteiger partial charge < -0.3 is 4.52 Å². The third-order valence-electron chi connectivity index (χ3n) is 1.44. The lowest BCUT2D eigenvalue weighted by Crippen LogP contribution is -1.93. The van der Waals surface area contributed by atoms with Gasteiger partial charge in [0.2, 0.25) is 0 Å². The van der Waals surface area contributed by atoms with Gasteiger partial charge in [-0.1, -0.05) is 11.6 Å². The molecule has 0 saturated carbocycles. The minimum atomic E-state index is -4.51. The maximum atomic E-state index is 10.6. The number of benzene rings is 1. The van der Waals surface area contributed by atoms with Crippen molar-refractivity contribution < 1.29 is 18.9 Å². The van der Waals surface area contributed by atoms with Crippen molar-refractivity contribution in [3.63, 3.8) is 0 Å². The van der Waals surface area contributed by atoms with Gasteiger partial charge in [0, 0.05) is 9.64 Å². The van der Waals surface area contributed by atoms with E-state index >= 15 is 0 Å². The SMILES string of the molecule is Cc1cc(I)c(Cl)cc1OP(=O)(O)O. The second-order valence-electron chi connectivity index (χ2n) is 2.61. The molecule has 0 aliphatic rings. The average Bonchev–Trinajstić information content (AvgIpc) is 1.97. The molecule has 0 aromatic heterocycles. The molecule has 2 N–H and O–H groups in total. The van der Waals surface area contributed by atoms with E-state index in [1.807, 2.05) is 22.6 Å². The van der Waals surface area contributed by atoms with Crippen LogP contribution < -0.4 is 4.52 Å². The second kappa shape index (κ2) is 4.37. The highest BCUT2D eigenvalue weighted by Crippen LogP contribution is 2.40. The lowest BCUT2D eigenvalue weighted by atomic mass is 10.2. The summed E-state index contributed by atoms with van der Waals surface area (Å²) in [5, 5.41) is 0.402. The number of phosphoric acid groups is 1. The Morgan fingerprint density at radius 2 is 2.07 bits per heavy atom. The Balaban J connectivity index is 3.11. The summed E-state index contributed by atoms with van der Waals surface area (Å²) in [7, 11) is -4.51. The second-order valence-corrected chi connectivity index (χ2v) is 5.35. The van der Waals surface area contributed by atoms with Gasteiger partial charge in [0.15, 0.2) is 0 Å². The van der Waals surface area contributed by atoms with Gasteiger partial charge in [-0.05, 0) is 41.1 Å². The number of hydrogen-bond acceptors (Lipinski definition) is 2. The molecule has 0 aliphatic carbocycles. The van der Waals surface area contributed by atoms with Crippen LogP contribution in [0.25, 0.3) is 0 Å². The van der Waals surface area contributed by atoms with Crippen LogP contribution in [0, 0.1) is 10.5 Å². The van der Waals surface area contributed by atoms with E-state index in [9.17, 15) is 4.57 Å². The van der Waals surface area contributed by atoms with Gasteiger partial charge in [-0.25, -0.2) is 4.57 Å². The van der Waals surface area contributed by atoms with Crippen LogP contribution in [-0.2, 0) is 4.57 Å². The van der Waals surface area contributed by atoms with Crippen molar-refractivity contribution in [2.24, 2.45) is 0 Å². The zero-order valence-corrected chi connectivity index (χ0v) is 10.9. The third kappa shape index (κ3) is 3.40. The zero-order valence-electron chi connectivity index (χ0n) is 7.07. The van der Waals surface area contributed by atoms with E-state index in [1.54, 1.807) is 13.0 Å². The molecule has 0 saturated heterocycles. The molecule has 4 nitrogen and oxygen atoms in total. The van der Waals surface area contributed by atoms with Crippen LogP contribution in [0.1, 0.15) is 5.56 Å². The summed E-state index contributed by atoms with van der Waals surface area (Å²) >= 11 is 7.80. The van der Waals surface area contributed by atoms with Crippen LogP contribution in [0.2, 0.25) is 5.02 Å². The third-order valence-corrected chi connectivity index (χ3v) is 3.39. The zero-order chi connectivity index (χ0) is 10.9. The van der Waals surface area contributed by atoms with Crippen molar-refractivity contribution in [3.05, 3.63) is 26.3 Å². The molecule has 0 bridgehead atoms. The van der Waals surface area contributed by atoms with Crippen LogP contribution in [0.5, 0.6) is 5.75 Å². The van der Waals surface area contributed by atoms with Crippen LogP contribution in [0.3, 0.4) is 0 Å². The minimum Gasteiger partial charge on any atom is -0.404 e. The maximum absolute atomic E-state index is 10.6. The first kappa shape index (κ1) is 12.3. The first-order valence-corrected chi connectivity index (χ1v) is 6.49. The first-order valence-electron chi connectivity index (χ1n) is 3.50. The average molecular weight is 348 g/mol. The van der Waals surface area contributed by atoms with Gasteiger partial charge in [-0.15, -0.1) is 0 Å². The fraction of sp³-hybridized carbons (Fsp3) is 0.143. The van der Waals surface area contributed by atoms with Crippen LogP contribution in [0.15, 0.2) is 12.1 Å². The van der Waals surface area contributed by atoms with Crippen LogP contribution >= 0.6 is 42.0 Å². The van der Waals surface area contributed by atoms with E-state index < -0.39 is 7.82 Å². The Kier molecular flexibility index (Phi) is 3.82. The first-order chi connectivity index (χ1) is 6.29. The van der Waals surface area contributed by atoms with Crippen molar-refractivity contribution >= 4 is 42.0 Å². The molecule has 1 rings (SSSR count). The highest BCUT2D eigenvalue weighted by molar-refractivity contribution is 14.1. The molecule has 7 heteroatoms. The van der Waals surface area contributed by atoms with Crippen molar-refractivity contribution in [1.82, 2.24) is 0 Å². The Labute approximate surface area is 99.6 Å². The van der Waals surface area contributed by atoms with E-state index in [0.717, 1.165) is 3.57 Å². The molecule has 14 heavy (non-hydrogen) atoms. The molecule has 78 valence electrons. The van der Waals surface area contributed by atoms with Gasteiger partial charge in [0.1, 0.15) is 5.75 Å². The van der Waals surface area contributed by atoms with Gasteiger partial charge in [0.25, 0.3) is 0 Å². The van der Waals surface area contributed by atoms with Gasteiger partial charge in [0.05, 0.1) is 5.02 Å². The summed E-state index contributed by atoms with van der Waals surface area (Å²) in [6, 6.07) is 3.08. The largest absolute Gasteiger partial charge is 0.524 e. The van der Waals surface area contributed by atoms with E-state index in [0.29, 0.717) is 10.6 Å². The molecule has 0 unspecified atom stereocenters. The van der Waals surface area contributed by atoms with Crippen molar-refractivity contribution in [1.29, 1.82) is 0 Å². The number of halogens is 2. The summed E-state index contributed by atoms with van der Waals surface area (Å²) in [4.78, 5) is 17.2.